The predicted octanol–water partition coefficient (Wildman–Crippen LogP) is 1.77. The van der Waals surface area contributed by atoms with Crippen molar-refractivity contribution in [1.82, 2.24) is 14.8 Å². The molecule has 0 radical (unpaired) electrons. The molecular formula is C15H16F3N5O2S. The summed E-state index contributed by atoms with van der Waals surface area (Å²) in [6.07, 6.45) is 0.419. The number of nitrogens with one attached hydrogen (secondary N) is 1. The number of aromatic nitrogens is 3. The van der Waals surface area contributed by atoms with Gasteiger partial charge in [0.1, 0.15) is 5.82 Å². The number of hydrogen-bond acceptors (Lipinski definition) is 5. The lowest BCUT2D eigenvalue weighted by Gasteiger charge is -2.12. The third-order valence-electron chi connectivity index (χ3n) is 3.46. The predicted molar refractivity (Wildman–Crippen MR) is 88.8 cm³/mol. The number of primary amides is 1. The van der Waals surface area contributed by atoms with E-state index in [2.05, 4.69) is 15.5 Å². The van der Waals surface area contributed by atoms with Gasteiger partial charge in [-0.25, -0.2) is 13.2 Å². The molecule has 0 saturated carbocycles. The van der Waals surface area contributed by atoms with Crippen LogP contribution in [0.2, 0.25) is 0 Å². The van der Waals surface area contributed by atoms with Crippen molar-refractivity contribution >= 4 is 29.3 Å². The minimum absolute atomic E-state index is 0.113. The van der Waals surface area contributed by atoms with Crippen LogP contribution in [0.5, 0.6) is 0 Å². The summed E-state index contributed by atoms with van der Waals surface area (Å²) < 4.78 is 41.4. The van der Waals surface area contributed by atoms with Gasteiger partial charge in [-0.1, -0.05) is 11.8 Å². The molecule has 1 aromatic heterocycles. The van der Waals surface area contributed by atoms with E-state index < -0.39 is 40.2 Å². The van der Waals surface area contributed by atoms with Gasteiger partial charge in [-0.3, -0.25) is 9.59 Å². The molecule has 2 amide bonds. The third kappa shape index (κ3) is 4.54. The van der Waals surface area contributed by atoms with Gasteiger partial charge in [-0.15, -0.1) is 10.2 Å². The molecule has 1 aromatic carbocycles. The number of thioether (sulfide) groups is 1. The molecule has 0 unspecified atom stereocenters. The summed E-state index contributed by atoms with van der Waals surface area (Å²) in [5.41, 5.74) is 4.63. The number of nitrogens with two attached hydrogens (primary N) is 1. The first-order valence-electron chi connectivity index (χ1n) is 7.48. The number of amides is 2. The molecule has 26 heavy (non-hydrogen) atoms. The Morgan fingerprint density at radius 2 is 1.96 bits per heavy atom. The second-order valence-electron chi connectivity index (χ2n) is 5.40. The van der Waals surface area contributed by atoms with E-state index in [1.165, 1.54) is 6.92 Å². The topological polar surface area (TPSA) is 103 Å². The Morgan fingerprint density at radius 1 is 1.27 bits per heavy atom. The number of benzene rings is 1. The van der Waals surface area contributed by atoms with Crippen LogP contribution in [0, 0.1) is 17.5 Å². The van der Waals surface area contributed by atoms with Crippen molar-refractivity contribution in [2.24, 2.45) is 12.8 Å². The fourth-order valence-corrected chi connectivity index (χ4v) is 2.80. The van der Waals surface area contributed by atoms with E-state index >= 15 is 0 Å². The van der Waals surface area contributed by atoms with Crippen molar-refractivity contribution in [3.63, 3.8) is 0 Å². The Kier molecular flexibility index (Phi) is 6.24. The number of rotatable bonds is 7. The number of halogens is 3. The van der Waals surface area contributed by atoms with Crippen molar-refractivity contribution < 1.29 is 22.8 Å². The first-order chi connectivity index (χ1) is 12.2. The molecule has 2 aromatic rings. The highest BCUT2D eigenvalue weighted by Crippen LogP contribution is 2.24. The fraction of sp³-hybridized carbons (Fsp3) is 0.333. The molecular weight excluding hydrogens is 371 g/mol. The highest BCUT2D eigenvalue weighted by atomic mass is 32.2. The number of carbonyl (C=O) groups excluding carboxylic acids is 2. The molecule has 0 aliphatic heterocycles. The maximum absolute atomic E-state index is 13.6. The van der Waals surface area contributed by atoms with Crippen molar-refractivity contribution in [2.45, 2.75) is 30.2 Å². The Bertz CT molecular complexity index is 843. The lowest BCUT2D eigenvalue weighted by Crippen LogP contribution is -2.23. The maximum atomic E-state index is 13.6. The highest BCUT2D eigenvalue weighted by molar-refractivity contribution is 8.00. The average molecular weight is 387 g/mol. The highest BCUT2D eigenvalue weighted by Gasteiger charge is 2.21. The van der Waals surface area contributed by atoms with Crippen LogP contribution in [0.3, 0.4) is 0 Å². The number of carbonyl (C=O) groups is 2. The van der Waals surface area contributed by atoms with E-state index in [1.807, 2.05) is 0 Å². The fourth-order valence-electron chi connectivity index (χ4n) is 1.97. The van der Waals surface area contributed by atoms with Crippen LogP contribution in [0.1, 0.15) is 19.2 Å². The maximum Gasteiger partial charge on any atom is 0.237 e. The number of anilines is 1. The molecule has 11 heteroatoms. The molecule has 3 N–H and O–H groups in total. The molecule has 7 nitrogen and oxygen atoms in total. The largest absolute Gasteiger partial charge is 0.370 e. The van der Waals surface area contributed by atoms with Gasteiger partial charge in [-0.2, -0.15) is 0 Å². The molecule has 1 atom stereocenters. The molecule has 0 aliphatic carbocycles. The van der Waals surface area contributed by atoms with E-state index in [-0.39, 0.29) is 6.42 Å². The zero-order chi connectivity index (χ0) is 19.4. The summed E-state index contributed by atoms with van der Waals surface area (Å²) in [4.78, 5) is 23.0. The number of hydrogen-bond donors (Lipinski definition) is 2. The van der Waals surface area contributed by atoms with Gasteiger partial charge < -0.3 is 15.6 Å². The molecule has 0 spiro atoms. The minimum Gasteiger partial charge on any atom is -0.370 e. The number of aryl methyl sites for hydroxylation is 1. The first kappa shape index (κ1) is 19.8. The van der Waals surface area contributed by atoms with Gasteiger partial charge in [0.25, 0.3) is 0 Å². The Balaban J connectivity index is 2.04. The summed E-state index contributed by atoms with van der Waals surface area (Å²) in [6.45, 7) is 1.54. The van der Waals surface area contributed by atoms with E-state index in [0.29, 0.717) is 17.4 Å². The van der Waals surface area contributed by atoms with Crippen LogP contribution < -0.4 is 11.1 Å². The van der Waals surface area contributed by atoms with Crippen LogP contribution >= 0.6 is 11.8 Å². The van der Waals surface area contributed by atoms with Crippen LogP contribution in [0.4, 0.5) is 18.9 Å². The van der Waals surface area contributed by atoms with Crippen molar-refractivity contribution in [1.29, 1.82) is 0 Å². The summed E-state index contributed by atoms with van der Waals surface area (Å²) in [6, 6.07) is 1.66. The normalized spacial score (nSPS) is 12.0. The first-order valence-corrected chi connectivity index (χ1v) is 8.36. The van der Waals surface area contributed by atoms with Gasteiger partial charge in [0, 0.05) is 19.9 Å². The molecule has 0 aliphatic rings. The van der Waals surface area contributed by atoms with E-state index in [9.17, 15) is 22.8 Å². The standard InChI is InChI=1S/C15H16F3N5O2S/c1-7(14(25)20-9-4-3-8(16)12(17)13(9)18)26-15-22-21-11(23(15)2)6-5-10(19)24/h3-4,7H,5-6H2,1-2H3,(H2,19,24)(H,20,25)/t7-/m1/s1. The minimum atomic E-state index is -1.66. The van der Waals surface area contributed by atoms with E-state index in [0.717, 1.165) is 23.9 Å². The monoisotopic (exact) mass is 387 g/mol. The lowest BCUT2D eigenvalue weighted by molar-refractivity contribution is -0.118. The van der Waals surface area contributed by atoms with Crippen molar-refractivity contribution in [3.8, 4) is 0 Å². The Labute approximate surface area is 151 Å². The molecule has 0 bridgehead atoms. The summed E-state index contributed by atoms with van der Waals surface area (Å²) >= 11 is 1.04. The zero-order valence-electron chi connectivity index (χ0n) is 13.9. The lowest BCUT2D eigenvalue weighted by atomic mass is 10.2. The SMILES string of the molecule is C[C@@H](Sc1nnc(CCC(N)=O)n1C)C(=O)Nc1ccc(F)c(F)c1F. The van der Waals surface area contributed by atoms with E-state index in [1.54, 1.807) is 11.6 Å². The van der Waals surface area contributed by atoms with Crippen LogP contribution in [0.15, 0.2) is 17.3 Å². The van der Waals surface area contributed by atoms with Crippen molar-refractivity contribution in [3.05, 3.63) is 35.4 Å². The second-order valence-corrected chi connectivity index (χ2v) is 6.70. The summed E-state index contributed by atoms with van der Waals surface area (Å²) in [5, 5.41) is 9.73. The average Bonchev–Trinajstić information content (AvgIpc) is 2.93. The molecule has 0 fully saturated rings. The zero-order valence-corrected chi connectivity index (χ0v) is 14.7. The summed E-state index contributed by atoms with van der Waals surface area (Å²) in [5.74, 6) is -5.04. The van der Waals surface area contributed by atoms with E-state index in [4.69, 9.17) is 5.73 Å². The second kappa shape index (κ2) is 8.21. The Morgan fingerprint density at radius 3 is 2.62 bits per heavy atom. The Hall–Kier alpha value is -2.56. The van der Waals surface area contributed by atoms with Gasteiger partial charge in [-0.05, 0) is 19.1 Å². The van der Waals surface area contributed by atoms with Gasteiger partial charge in [0.2, 0.25) is 11.8 Å². The van der Waals surface area contributed by atoms with Gasteiger partial charge >= 0.3 is 0 Å². The van der Waals surface area contributed by atoms with Gasteiger partial charge in [0.05, 0.1) is 10.9 Å². The van der Waals surface area contributed by atoms with Crippen LogP contribution in [-0.2, 0) is 23.1 Å². The molecule has 140 valence electrons. The quantitative estimate of drug-likeness (QED) is 0.557. The van der Waals surface area contributed by atoms with Crippen LogP contribution in [0.25, 0.3) is 0 Å². The van der Waals surface area contributed by atoms with Crippen molar-refractivity contribution in [2.75, 3.05) is 5.32 Å². The molecule has 1 heterocycles. The third-order valence-corrected chi connectivity index (χ3v) is 4.60. The summed E-state index contributed by atoms with van der Waals surface area (Å²) in [7, 11) is 1.66. The molecule has 2 rings (SSSR count). The molecule has 0 saturated heterocycles. The van der Waals surface area contributed by atoms with Crippen LogP contribution in [-0.4, -0.2) is 31.8 Å². The smallest absolute Gasteiger partial charge is 0.237 e. The van der Waals surface area contributed by atoms with Gasteiger partial charge in [0.15, 0.2) is 22.6 Å². The number of nitrogens with zero attached hydrogens (tertiary/aromatic N) is 3.